The Labute approximate surface area is 86.3 Å². The van der Waals surface area contributed by atoms with Crippen LogP contribution in [0.25, 0.3) is 0 Å². The van der Waals surface area contributed by atoms with Gasteiger partial charge in [-0.2, -0.15) is 0 Å². The van der Waals surface area contributed by atoms with E-state index in [2.05, 4.69) is 12.5 Å². The summed E-state index contributed by atoms with van der Waals surface area (Å²) in [4.78, 5) is 0. The average molecular weight is 194 g/mol. The van der Waals surface area contributed by atoms with Crippen molar-refractivity contribution in [2.75, 3.05) is 0 Å². The SMILES string of the molecule is C#C[C@@H]1OC(C)(C)O[C@H]1CCCC=C. The van der Waals surface area contributed by atoms with Crippen LogP contribution in [0.2, 0.25) is 0 Å². The molecule has 1 aliphatic rings. The van der Waals surface area contributed by atoms with Crippen LogP contribution >= 0.6 is 0 Å². The summed E-state index contributed by atoms with van der Waals surface area (Å²) < 4.78 is 11.3. The van der Waals surface area contributed by atoms with E-state index in [4.69, 9.17) is 15.9 Å². The third kappa shape index (κ3) is 2.87. The van der Waals surface area contributed by atoms with Crippen molar-refractivity contribution in [2.45, 2.75) is 51.1 Å². The molecule has 0 aliphatic carbocycles. The molecule has 2 nitrogen and oxygen atoms in total. The highest BCUT2D eigenvalue weighted by Gasteiger charge is 2.39. The van der Waals surface area contributed by atoms with Crippen LogP contribution in [0.4, 0.5) is 0 Å². The summed E-state index contributed by atoms with van der Waals surface area (Å²) in [6.45, 7) is 7.47. The lowest BCUT2D eigenvalue weighted by molar-refractivity contribution is -0.142. The third-order valence-electron chi connectivity index (χ3n) is 2.24. The van der Waals surface area contributed by atoms with Crippen LogP contribution in [0.1, 0.15) is 33.1 Å². The molecule has 0 spiro atoms. The van der Waals surface area contributed by atoms with Crippen LogP contribution in [0.15, 0.2) is 12.7 Å². The summed E-state index contributed by atoms with van der Waals surface area (Å²) in [6.07, 6.45) is 10.1. The van der Waals surface area contributed by atoms with Crippen molar-refractivity contribution in [2.24, 2.45) is 0 Å². The smallest absolute Gasteiger partial charge is 0.165 e. The average Bonchev–Trinajstić information content (AvgIpc) is 2.41. The van der Waals surface area contributed by atoms with Gasteiger partial charge in [0.15, 0.2) is 5.79 Å². The first-order valence-corrected chi connectivity index (χ1v) is 5.02. The summed E-state index contributed by atoms with van der Waals surface area (Å²) in [5, 5.41) is 0. The van der Waals surface area contributed by atoms with E-state index in [-0.39, 0.29) is 12.2 Å². The Morgan fingerprint density at radius 3 is 2.79 bits per heavy atom. The molecule has 0 aromatic carbocycles. The Kier molecular flexibility index (Phi) is 3.74. The van der Waals surface area contributed by atoms with Crippen molar-refractivity contribution in [1.82, 2.24) is 0 Å². The van der Waals surface area contributed by atoms with Gasteiger partial charge in [-0.1, -0.05) is 12.0 Å². The van der Waals surface area contributed by atoms with Crippen molar-refractivity contribution < 1.29 is 9.47 Å². The number of rotatable bonds is 4. The fraction of sp³-hybridized carbons (Fsp3) is 0.667. The first kappa shape index (κ1) is 11.3. The summed E-state index contributed by atoms with van der Waals surface area (Å²) in [5.74, 6) is 2.09. The number of hydrogen-bond acceptors (Lipinski definition) is 2. The first-order valence-electron chi connectivity index (χ1n) is 5.02. The zero-order valence-corrected chi connectivity index (χ0v) is 8.95. The molecule has 0 aromatic heterocycles. The molecular formula is C12H18O2. The molecule has 78 valence electrons. The molecule has 1 fully saturated rings. The van der Waals surface area contributed by atoms with E-state index in [9.17, 15) is 0 Å². The van der Waals surface area contributed by atoms with E-state index < -0.39 is 5.79 Å². The molecule has 0 radical (unpaired) electrons. The maximum atomic E-state index is 5.70. The van der Waals surface area contributed by atoms with Crippen LogP contribution in [-0.4, -0.2) is 18.0 Å². The van der Waals surface area contributed by atoms with E-state index in [1.807, 2.05) is 19.9 Å². The van der Waals surface area contributed by atoms with Crippen molar-refractivity contribution in [3.8, 4) is 12.3 Å². The quantitative estimate of drug-likeness (QED) is 0.389. The van der Waals surface area contributed by atoms with Gasteiger partial charge in [-0.15, -0.1) is 13.0 Å². The van der Waals surface area contributed by atoms with Crippen LogP contribution in [0.3, 0.4) is 0 Å². The Morgan fingerprint density at radius 1 is 1.50 bits per heavy atom. The Morgan fingerprint density at radius 2 is 2.21 bits per heavy atom. The van der Waals surface area contributed by atoms with Gasteiger partial charge in [0.1, 0.15) is 6.10 Å². The number of terminal acetylenes is 1. The normalized spacial score (nSPS) is 29.8. The maximum Gasteiger partial charge on any atom is 0.165 e. The molecule has 0 aromatic rings. The molecule has 1 rings (SSSR count). The van der Waals surface area contributed by atoms with Gasteiger partial charge < -0.3 is 9.47 Å². The lowest BCUT2D eigenvalue weighted by atomic mass is 10.1. The molecule has 1 aliphatic heterocycles. The topological polar surface area (TPSA) is 18.5 Å². The summed E-state index contributed by atoms with van der Waals surface area (Å²) >= 11 is 0. The number of unbranched alkanes of at least 4 members (excludes halogenated alkanes) is 1. The van der Waals surface area contributed by atoms with Gasteiger partial charge in [0.05, 0.1) is 6.10 Å². The molecule has 0 unspecified atom stereocenters. The Balaban J connectivity index is 2.44. The van der Waals surface area contributed by atoms with Crippen LogP contribution < -0.4 is 0 Å². The van der Waals surface area contributed by atoms with Crippen LogP contribution in [-0.2, 0) is 9.47 Å². The van der Waals surface area contributed by atoms with Crippen molar-refractivity contribution >= 4 is 0 Å². The van der Waals surface area contributed by atoms with Crippen molar-refractivity contribution in [1.29, 1.82) is 0 Å². The zero-order valence-electron chi connectivity index (χ0n) is 8.95. The molecule has 1 saturated heterocycles. The molecule has 14 heavy (non-hydrogen) atoms. The van der Waals surface area contributed by atoms with Crippen molar-refractivity contribution in [3.05, 3.63) is 12.7 Å². The minimum atomic E-state index is -0.532. The molecule has 0 saturated carbocycles. The summed E-state index contributed by atoms with van der Waals surface area (Å²) in [7, 11) is 0. The van der Waals surface area contributed by atoms with Crippen molar-refractivity contribution in [3.63, 3.8) is 0 Å². The Hall–Kier alpha value is -0.780. The number of allylic oxidation sites excluding steroid dienone is 1. The molecule has 2 atom stereocenters. The van der Waals surface area contributed by atoms with E-state index in [1.165, 1.54) is 0 Å². The molecule has 0 bridgehead atoms. The second-order valence-corrected chi connectivity index (χ2v) is 3.98. The second kappa shape index (κ2) is 4.63. The maximum absolute atomic E-state index is 5.70. The van der Waals surface area contributed by atoms with Gasteiger partial charge in [-0.25, -0.2) is 0 Å². The molecule has 0 amide bonds. The standard InChI is InChI=1S/C12H18O2/c1-5-7-8-9-11-10(6-2)13-12(3,4)14-11/h2,5,10-11H,1,7-9H2,3-4H3/t10-,11-/m0/s1. The first-order chi connectivity index (χ1) is 6.59. The van der Waals surface area contributed by atoms with E-state index >= 15 is 0 Å². The summed E-state index contributed by atoms with van der Waals surface area (Å²) in [5.41, 5.74) is 0. The van der Waals surface area contributed by atoms with E-state index in [0.29, 0.717) is 0 Å². The highest BCUT2D eigenvalue weighted by molar-refractivity contribution is 5.02. The fourth-order valence-electron chi connectivity index (χ4n) is 1.65. The summed E-state index contributed by atoms with van der Waals surface area (Å²) in [6, 6.07) is 0. The van der Waals surface area contributed by atoms with Crippen LogP contribution in [0, 0.1) is 12.3 Å². The van der Waals surface area contributed by atoms with Gasteiger partial charge in [0, 0.05) is 0 Å². The second-order valence-electron chi connectivity index (χ2n) is 3.98. The number of ether oxygens (including phenoxy) is 2. The predicted octanol–water partition coefficient (Wildman–Crippen LogP) is 2.50. The fourth-order valence-corrected chi connectivity index (χ4v) is 1.65. The lowest BCUT2D eigenvalue weighted by Crippen LogP contribution is -2.21. The number of hydrogen-bond donors (Lipinski definition) is 0. The molecular weight excluding hydrogens is 176 g/mol. The van der Waals surface area contributed by atoms with Gasteiger partial charge in [-0.05, 0) is 33.1 Å². The van der Waals surface area contributed by atoms with Gasteiger partial charge >= 0.3 is 0 Å². The molecule has 1 heterocycles. The predicted molar refractivity (Wildman–Crippen MR) is 56.7 cm³/mol. The highest BCUT2D eigenvalue weighted by Crippen LogP contribution is 2.30. The van der Waals surface area contributed by atoms with Gasteiger partial charge in [0.2, 0.25) is 0 Å². The van der Waals surface area contributed by atoms with Gasteiger partial charge in [0.25, 0.3) is 0 Å². The minimum Gasteiger partial charge on any atom is -0.343 e. The lowest BCUT2D eigenvalue weighted by Gasteiger charge is -2.16. The minimum absolute atomic E-state index is 0.0370. The monoisotopic (exact) mass is 194 g/mol. The largest absolute Gasteiger partial charge is 0.343 e. The zero-order chi connectivity index (χ0) is 10.6. The van der Waals surface area contributed by atoms with Gasteiger partial charge in [-0.3, -0.25) is 0 Å². The molecule has 2 heteroatoms. The Bertz CT molecular complexity index is 237. The van der Waals surface area contributed by atoms with E-state index in [0.717, 1.165) is 19.3 Å². The molecule has 0 N–H and O–H groups in total. The highest BCUT2D eigenvalue weighted by atomic mass is 16.7. The third-order valence-corrected chi connectivity index (χ3v) is 2.24. The van der Waals surface area contributed by atoms with Crippen LogP contribution in [0.5, 0.6) is 0 Å². The van der Waals surface area contributed by atoms with E-state index in [1.54, 1.807) is 0 Å².